The molecule has 3 nitrogen and oxygen atoms in total. The van der Waals surface area contributed by atoms with Crippen LogP contribution in [0.2, 0.25) is 0 Å². The molecule has 0 unspecified atom stereocenters. The van der Waals surface area contributed by atoms with E-state index < -0.39 is 15.6 Å². The Morgan fingerprint density at radius 3 is 1.27 bits per heavy atom. The van der Waals surface area contributed by atoms with Gasteiger partial charge in [0.2, 0.25) is 0 Å². The number of hydrogen-bond donors (Lipinski definition) is 1. The molecule has 0 saturated carbocycles. The molecule has 1 N–H and O–H groups in total. The van der Waals surface area contributed by atoms with Crippen molar-refractivity contribution in [2.75, 3.05) is 18.5 Å². The Bertz CT molecular complexity index is 241. The molecular weight excluding hydrogens is 252 g/mol. The van der Waals surface area contributed by atoms with Crippen molar-refractivity contribution < 1.29 is 26.1 Å². The van der Waals surface area contributed by atoms with Gasteiger partial charge in [-0.2, -0.15) is 21.6 Å². The molecule has 0 radical (unpaired) electrons. The van der Waals surface area contributed by atoms with E-state index in [-0.39, 0.29) is 0 Å². The maximum absolute atomic E-state index is 10.7. The standard InChI is InChI=1S/C6H15P.CHF3O3S/c1-4-7(5-2)6-3;2-1(3,4)8(5,6)7/h4-6H2,1-3H3;(H,5,6,7). The van der Waals surface area contributed by atoms with Crippen LogP contribution in [0.3, 0.4) is 0 Å². The summed E-state index contributed by atoms with van der Waals surface area (Å²) in [5.41, 5.74) is -5.53. The van der Waals surface area contributed by atoms with Crippen molar-refractivity contribution in [3.05, 3.63) is 0 Å². The molecule has 0 aromatic heterocycles. The monoisotopic (exact) mass is 268 g/mol. The maximum Gasteiger partial charge on any atom is 0.522 e. The molecule has 0 bridgehead atoms. The Labute approximate surface area is 89.6 Å². The van der Waals surface area contributed by atoms with Gasteiger partial charge in [0.15, 0.2) is 0 Å². The van der Waals surface area contributed by atoms with E-state index in [1.165, 1.54) is 18.5 Å². The molecule has 8 heteroatoms. The first-order chi connectivity index (χ1) is 6.60. The van der Waals surface area contributed by atoms with E-state index in [0.717, 1.165) is 0 Å². The van der Waals surface area contributed by atoms with Crippen LogP contribution < -0.4 is 0 Å². The number of halogens is 3. The van der Waals surface area contributed by atoms with Gasteiger partial charge in [0, 0.05) is 0 Å². The van der Waals surface area contributed by atoms with Crippen LogP contribution in [-0.2, 0) is 10.1 Å². The zero-order valence-corrected chi connectivity index (χ0v) is 10.6. The van der Waals surface area contributed by atoms with Gasteiger partial charge in [-0.05, 0) is 18.5 Å². The summed E-state index contributed by atoms with van der Waals surface area (Å²) in [5, 5.41) is 0. The minimum absolute atomic E-state index is 0.446. The topological polar surface area (TPSA) is 54.4 Å². The quantitative estimate of drug-likeness (QED) is 0.486. The molecule has 0 amide bonds. The van der Waals surface area contributed by atoms with Crippen molar-refractivity contribution in [3.8, 4) is 0 Å². The van der Waals surface area contributed by atoms with E-state index in [2.05, 4.69) is 20.8 Å². The molecule has 0 aliphatic heterocycles. The SMILES string of the molecule is CCP(CC)CC.O=S(=O)(O)C(F)(F)F. The summed E-state index contributed by atoms with van der Waals surface area (Å²) in [6.07, 6.45) is 4.26. The summed E-state index contributed by atoms with van der Waals surface area (Å²) in [4.78, 5) is 0. The zero-order chi connectivity index (χ0) is 12.7. The fourth-order valence-electron chi connectivity index (χ4n) is 0.671. The van der Waals surface area contributed by atoms with Gasteiger partial charge in [-0.25, -0.2) is 0 Å². The lowest BCUT2D eigenvalue weighted by atomic mass is 10.9. The van der Waals surface area contributed by atoms with Crippen LogP contribution in [-0.4, -0.2) is 37.0 Å². The molecule has 15 heavy (non-hydrogen) atoms. The third-order valence-electron chi connectivity index (χ3n) is 1.63. The maximum atomic E-state index is 10.7. The second-order valence-electron chi connectivity index (χ2n) is 2.54. The van der Waals surface area contributed by atoms with E-state index in [9.17, 15) is 13.2 Å². The summed E-state index contributed by atoms with van der Waals surface area (Å²) < 4.78 is 57.5. The van der Waals surface area contributed by atoms with E-state index in [1.807, 2.05) is 0 Å². The van der Waals surface area contributed by atoms with Crippen LogP contribution >= 0.6 is 7.92 Å². The van der Waals surface area contributed by atoms with Crippen molar-refractivity contribution in [3.63, 3.8) is 0 Å². The van der Waals surface area contributed by atoms with Gasteiger partial charge in [-0.3, -0.25) is 4.55 Å². The Kier molecular flexibility index (Phi) is 8.66. The van der Waals surface area contributed by atoms with Gasteiger partial charge in [0.05, 0.1) is 0 Å². The second kappa shape index (κ2) is 7.41. The molecular formula is C7H16F3O3PS. The van der Waals surface area contributed by atoms with Crippen LogP contribution in [0.15, 0.2) is 0 Å². The Morgan fingerprint density at radius 1 is 1.07 bits per heavy atom. The molecule has 0 aromatic rings. The summed E-state index contributed by atoms with van der Waals surface area (Å²) in [5.74, 6) is 0. The summed E-state index contributed by atoms with van der Waals surface area (Å²) >= 11 is 0. The Morgan fingerprint density at radius 2 is 1.27 bits per heavy atom. The third kappa shape index (κ3) is 9.08. The summed E-state index contributed by atoms with van der Waals surface area (Å²) in [7, 11) is -5.39. The Balaban J connectivity index is 0. The molecule has 0 spiro atoms. The van der Waals surface area contributed by atoms with Crippen molar-refractivity contribution in [1.29, 1.82) is 0 Å². The number of alkyl halides is 3. The van der Waals surface area contributed by atoms with Gasteiger partial charge in [-0.1, -0.05) is 20.8 Å². The highest BCUT2D eigenvalue weighted by molar-refractivity contribution is 7.86. The second-order valence-corrected chi connectivity index (χ2v) is 7.19. The lowest BCUT2D eigenvalue weighted by molar-refractivity contribution is -0.0510. The first kappa shape index (κ1) is 17.5. The molecule has 0 fully saturated rings. The average Bonchev–Trinajstić information content (AvgIpc) is 2.05. The summed E-state index contributed by atoms with van der Waals surface area (Å²) in [6, 6.07) is 0. The highest BCUT2D eigenvalue weighted by Gasteiger charge is 2.44. The largest absolute Gasteiger partial charge is 0.522 e. The van der Waals surface area contributed by atoms with Crippen LogP contribution in [0, 0.1) is 0 Å². The number of rotatable bonds is 3. The van der Waals surface area contributed by atoms with Crippen LogP contribution in [0.1, 0.15) is 20.8 Å². The predicted molar refractivity (Wildman–Crippen MR) is 56.1 cm³/mol. The predicted octanol–water partition coefficient (Wildman–Crippen LogP) is 2.92. The Hall–Kier alpha value is 0.130. The van der Waals surface area contributed by atoms with Gasteiger partial charge in [-0.15, -0.1) is 7.92 Å². The highest BCUT2D eigenvalue weighted by atomic mass is 32.2. The van der Waals surface area contributed by atoms with Crippen molar-refractivity contribution in [1.82, 2.24) is 0 Å². The minimum atomic E-state index is -5.84. The summed E-state index contributed by atoms with van der Waals surface area (Å²) in [6.45, 7) is 6.87. The fraction of sp³-hybridized carbons (Fsp3) is 1.00. The molecule has 0 aliphatic carbocycles. The molecule has 0 heterocycles. The molecule has 0 rings (SSSR count). The van der Waals surface area contributed by atoms with Crippen LogP contribution in [0.25, 0.3) is 0 Å². The first-order valence-electron chi connectivity index (χ1n) is 4.36. The van der Waals surface area contributed by atoms with E-state index in [0.29, 0.717) is 7.92 Å². The molecule has 94 valence electrons. The normalized spacial score (nSPS) is 12.3. The molecule has 0 aromatic carbocycles. The van der Waals surface area contributed by atoms with E-state index in [1.54, 1.807) is 0 Å². The fourth-order valence-corrected chi connectivity index (χ4v) is 2.01. The zero-order valence-electron chi connectivity index (χ0n) is 8.87. The van der Waals surface area contributed by atoms with E-state index >= 15 is 0 Å². The van der Waals surface area contributed by atoms with Crippen LogP contribution in [0.5, 0.6) is 0 Å². The average molecular weight is 268 g/mol. The van der Waals surface area contributed by atoms with Crippen molar-refractivity contribution in [2.45, 2.75) is 26.3 Å². The molecule has 0 saturated heterocycles. The first-order valence-corrected chi connectivity index (χ1v) is 7.69. The van der Waals surface area contributed by atoms with E-state index in [4.69, 9.17) is 13.0 Å². The number of hydrogen-bond acceptors (Lipinski definition) is 2. The van der Waals surface area contributed by atoms with Crippen molar-refractivity contribution >= 4 is 18.0 Å². The van der Waals surface area contributed by atoms with Gasteiger partial charge in [0.1, 0.15) is 0 Å². The molecule has 0 aliphatic rings. The van der Waals surface area contributed by atoms with Gasteiger partial charge in [0.25, 0.3) is 0 Å². The lowest BCUT2D eigenvalue weighted by Gasteiger charge is -2.07. The van der Waals surface area contributed by atoms with Gasteiger partial charge < -0.3 is 0 Å². The smallest absolute Gasteiger partial charge is 0.279 e. The lowest BCUT2D eigenvalue weighted by Crippen LogP contribution is -2.21. The van der Waals surface area contributed by atoms with Gasteiger partial charge >= 0.3 is 15.6 Å². The minimum Gasteiger partial charge on any atom is -0.279 e. The highest BCUT2D eigenvalue weighted by Crippen LogP contribution is 2.32. The van der Waals surface area contributed by atoms with Crippen LogP contribution in [0.4, 0.5) is 13.2 Å². The third-order valence-corrected chi connectivity index (χ3v) is 4.90. The van der Waals surface area contributed by atoms with Crippen molar-refractivity contribution in [2.24, 2.45) is 0 Å². The molecule has 0 atom stereocenters.